The maximum absolute atomic E-state index is 12.0. The van der Waals surface area contributed by atoms with Crippen LogP contribution in [0.2, 0.25) is 0 Å². The Morgan fingerprint density at radius 1 is 1.09 bits per heavy atom. The summed E-state index contributed by atoms with van der Waals surface area (Å²) in [6.45, 7) is 3.24. The highest BCUT2D eigenvalue weighted by Crippen LogP contribution is 2.50. The number of esters is 1. The van der Waals surface area contributed by atoms with Crippen molar-refractivity contribution < 1.29 is 14.3 Å². The summed E-state index contributed by atoms with van der Waals surface area (Å²) >= 11 is 0. The van der Waals surface area contributed by atoms with Gasteiger partial charge in [0.25, 0.3) is 0 Å². The fraction of sp³-hybridized carbons (Fsp3) is 0.370. The van der Waals surface area contributed by atoms with Crippen LogP contribution in [0.25, 0.3) is 11.4 Å². The summed E-state index contributed by atoms with van der Waals surface area (Å²) in [5.41, 5.74) is 4.20. The first kappa shape index (κ1) is 21.6. The van der Waals surface area contributed by atoms with Crippen LogP contribution in [-0.4, -0.2) is 41.0 Å². The van der Waals surface area contributed by atoms with E-state index in [0.29, 0.717) is 6.61 Å². The summed E-state index contributed by atoms with van der Waals surface area (Å²) in [7, 11) is 1.49. The minimum absolute atomic E-state index is 0.0515. The molecule has 1 fully saturated rings. The average molecular weight is 444 g/mol. The number of fused-ring (bicyclic) bond motifs is 1. The highest BCUT2D eigenvalue weighted by molar-refractivity contribution is 5.79. The third-order valence-corrected chi connectivity index (χ3v) is 6.75. The number of hydrogen-bond acceptors (Lipinski definition) is 6. The predicted octanol–water partition coefficient (Wildman–Crippen LogP) is 4.42. The monoisotopic (exact) mass is 443 g/mol. The van der Waals surface area contributed by atoms with Crippen molar-refractivity contribution in [3.05, 3.63) is 77.6 Å². The van der Waals surface area contributed by atoms with Crippen molar-refractivity contribution in [2.45, 2.75) is 38.8 Å². The summed E-state index contributed by atoms with van der Waals surface area (Å²) in [5.74, 6) is 1.53. The Morgan fingerprint density at radius 2 is 1.88 bits per heavy atom. The van der Waals surface area contributed by atoms with Gasteiger partial charge in [-0.3, -0.25) is 9.69 Å². The molecule has 0 N–H and O–H groups in total. The standard InChI is InChI=1S/C27H29N3O3/c1-32-26(31)27(12-13-27)14-16-30-15-11-24-22(18-30)17-28-25(29-24)21-7-9-23(10-8-21)33-19-20-5-3-2-4-6-20/h2-10,17H,11-16,18-19H2,1H3. The second-order valence-corrected chi connectivity index (χ2v) is 9.01. The summed E-state index contributed by atoms with van der Waals surface area (Å²) in [6.07, 6.45) is 5.62. The van der Waals surface area contributed by atoms with Crippen LogP contribution >= 0.6 is 0 Å². The van der Waals surface area contributed by atoms with Gasteiger partial charge in [0, 0.05) is 36.8 Å². The van der Waals surface area contributed by atoms with Gasteiger partial charge in [0.05, 0.1) is 18.2 Å². The number of ether oxygens (including phenoxy) is 2. The number of aromatic nitrogens is 2. The molecule has 0 atom stereocenters. The van der Waals surface area contributed by atoms with Crippen molar-refractivity contribution in [1.82, 2.24) is 14.9 Å². The molecule has 1 aliphatic heterocycles. The zero-order chi connectivity index (χ0) is 22.7. The van der Waals surface area contributed by atoms with E-state index in [1.165, 1.54) is 12.7 Å². The summed E-state index contributed by atoms with van der Waals surface area (Å²) < 4.78 is 10.9. The van der Waals surface area contributed by atoms with E-state index in [-0.39, 0.29) is 11.4 Å². The van der Waals surface area contributed by atoms with E-state index in [4.69, 9.17) is 14.5 Å². The Kier molecular flexibility index (Phi) is 6.09. The van der Waals surface area contributed by atoms with E-state index < -0.39 is 0 Å². The molecule has 1 aromatic heterocycles. The molecule has 170 valence electrons. The zero-order valence-corrected chi connectivity index (χ0v) is 19.0. The molecule has 0 saturated heterocycles. The maximum atomic E-state index is 12.0. The number of rotatable bonds is 8. The second kappa shape index (κ2) is 9.32. The van der Waals surface area contributed by atoms with Gasteiger partial charge in [-0.2, -0.15) is 0 Å². The molecular weight excluding hydrogens is 414 g/mol. The molecule has 2 heterocycles. The molecule has 5 rings (SSSR count). The van der Waals surface area contributed by atoms with E-state index in [9.17, 15) is 4.79 Å². The van der Waals surface area contributed by atoms with Crippen LogP contribution in [-0.2, 0) is 29.1 Å². The second-order valence-electron chi connectivity index (χ2n) is 9.01. The van der Waals surface area contributed by atoms with Crippen molar-refractivity contribution in [3.8, 4) is 17.1 Å². The molecule has 3 aromatic rings. The fourth-order valence-corrected chi connectivity index (χ4v) is 4.44. The minimum Gasteiger partial charge on any atom is -0.489 e. The molecule has 2 aromatic carbocycles. The van der Waals surface area contributed by atoms with Crippen LogP contribution in [0.15, 0.2) is 60.8 Å². The van der Waals surface area contributed by atoms with Crippen molar-refractivity contribution in [3.63, 3.8) is 0 Å². The molecule has 0 spiro atoms. The fourth-order valence-electron chi connectivity index (χ4n) is 4.44. The van der Waals surface area contributed by atoms with Gasteiger partial charge in [0.2, 0.25) is 0 Å². The van der Waals surface area contributed by atoms with Crippen LogP contribution in [0.5, 0.6) is 5.75 Å². The lowest BCUT2D eigenvalue weighted by molar-refractivity contribution is -0.147. The van der Waals surface area contributed by atoms with E-state index in [1.54, 1.807) is 0 Å². The van der Waals surface area contributed by atoms with Crippen LogP contribution in [0.1, 0.15) is 36.1 Å². The van der Waals surface area contributed by atoms with Crippen molar-refractivity contribution >= 4 is 5.97 Å². The number of nitrogens with zero attached hydrogens (tertiary/aromatic N) is 3. The number of carbonyl (C=O) groups is 1. The van der Waals surface area contributed by atoms with E-state index >= 15 is 0 Å². The largest absolute Gasteiger partial charge is 0.489 e. The molecule has 0 bridgehead atoms. The smallest absolute Gasteiger partial charge is 0.311 e. The molecular formula is C27H29N3O3. The lowest BCUT2D eigenvalue weighted by Crippen LogP contribution is -2.34. The molecule has 6 nitrogen and oxygen atoms in total. The number of benzene rings is 2. The highest BCUT2D eigenvalue weighted by atomic mass is 16.5. The van der Waals surface area contributed by atoms with Gasteiger partial charge >= 0.3 is 5.97 Å². The Balaban J connectivity index is 1.18. The summed E-state index contributed by atoms with van der Waals surface area (Å²) in [4.78, 5) is 23.9. The molecule has 0 amide bonds. The lowest BCUT2D eigenvalue weighted by Gasteiger charge is -2.29. The molecule has 2 aliphatic rings. The van der Waals surface area contributed by atoms with Crippen LogP contribution in [0.3, 0.4) is 0 Å². The van der Waals surface area contributed by atoms with Gasteiger partial charge in [0.1, 0.15) is 12.4 Å². The zero-order valence-electron chi connectivity index (χ0n) is 19.0. The minimum atomic E-state index is -0.230. The van der Waals surface area contributed by atoms with Crippen LogP contribution in [0, 0.1) is 5.41 Å². The topological polar surface area (TPSA) is 64.5 Å². The molecule has 33 heavy (non-hydrogen) atoms. The van der Waals surface area contributed by atoms with Gasteiger partial charge in [-0.05, 0) is 55.6 Å². The first-order valence-corrected chi connectivity index (χ1v) is 11.6. The normalized spacial score (nSPS) is 16.6. The third kappa shape index (κ3) is 4.91. The number of carbonyl (C=O) groups excluding carboxylic acids is 1. The van der Waals surface area contributed by atoms with Gasteiger partial charge in [0.15, 0.2) is 5.82 Å². The van der Waals surface area contributed by atoms with Gasteiger partial charge < -0.3 is 9.47 Å². The van der Waals surface area contributed by atoms with E-state index in [0.717, 1.165) is 73.7 Å². The van der Waals surface area contributed by atoms with Crippen LogP contribution < -0.4 is 4.74 Å². The molecule has 1 aliphatic carbocycles. The number of hydrogen-bond donors (Lipinski definition) is 0. The van der Waals surface area contributed by atoms with Gasteiger partial charge in [-0.25, -0.2) is 9.97 Å². The quantitative estimate of drug-likeness (QED) is 0.480. The maximum Gasteiger partial charge on any atom is 0.311 e. The van der Waals surface area contributed by atoms with Gasteiger partial charge in [-0.1, -0.05) is 30.3 Å². The van der Waals surface area contributed by atoms with Gasteiger partial charge in [-0.15, -0.1) is 0 Å². The summed E-state index contributed by atoms with van der Waals surface area (Å²) in [6, 6.07) is 18.1. The third-order valence-electron chi connectivity index (χ3n) is 6.75. The highest BCUT2D eigenvalue weighted by Gasteiger charge is 2.50. The Labute approximate surface area is 194 Å². The predicted molar refractivity (Wildman–Crippen MR) is 126 cm³/mol. The van der Waals surface area contributed by atoms with Crippen molar-refractivity contribution in [2.75, 3.05) is 20.2 Å². The van der Waals surface area contributed by atoms with Crippen LogP contribution in [0.4, 0.5) is 0 Å². The SMILES string of the molecule is COC(=O)C1(CCN2CCc3nc(-c4ccc(OCc5ccccc5)cc4)ncc3C2)CC1. The Hall–Kier alpha value is -3.25. The molecule has 1 saturated carbocycles. The van der Waals surface area contributed by atoms with E-state index in [2.05, 4.69) is 22.0 Å². The molecule has 0 unspecified atom stereocenters. The first-order valence-electron chi connectivity index (χ1n) is 11.6. The lowest BCUT2D eigenvalue weighted by atomic mass is 10.0. The van der Waals surface area contributed by atoms with E-state index in [1.807, 2.05) is 48.7 Å². The Morgan fingerprint density at radius 3 is 2.61 bits per heavy atom. The first-order chi connectivity index (χ1) is 16.1. The van der Waals surface area contributed by atoms with Crippen molar-refractivity contribution in [2.24, 2.45) is 5.41 Å². The summed E-state index contributed by atoms with van der Waals surface area (Å²) in [5, 5.41) is 0. The molecule has 0 radical (unpaired) electrons. The average Bonchev–Trinajstić information content (AvgIpc) is 3.67. The van der Waals surface area contributed by atoms with Crippen molar-refractivity contribution in [1.29, 1.82) is 0 Å². The Bertz CT molecular complexity index is 1110. The number of methoxy groups -OCH3 is 1. The molecule has 6 heteroatoms.